The summed E-state index contributed by atoms with van der Waals surface area (Å²) in [5.41, 5.74) is 0.533. The predicted octanol–water partition coefficient (Wildman–Crippen LogP) is 4.59. The first-order valence-electron chi connectivity index (χ1n) is 9.34. The molecule has 0 fully saturated rings. The average Bonchev–Trinajstić information content (AvgIpc) is 3.50. The third-order valence-corrected chi connectivity index (χ3v) is 7.66. The van der Waals surface area contributed by atoms with Gasteiger partial charge in [-0.05, 0) is 41.8 Å². The minimum absolute atomic E-state index is 0.00736. The molecule has 172 valence electrons. The third-order valence-electron chi connectivity index (χ3n) is 4.80. The zero-order valence-corrected chi connectivity index (χ0v) is 19.2. The largest absolute Gasteiger partial charge is 0.493 e. The number of rotatable bonds is 7. The molecule has 0 aliphatic heterocycles. The van der Waals surface area contributed by atoms with Crippen molar-refractivity contribution in [1.29, 1.82) is 0 Å². The van der Waals surface area contributed by atoms with Crippen LogP contribution in [-0.2, 0) is 10.0 Å². The summed E-state index contributed by atoms with van der Waals surface area (Å²) in [6.07, 6.45) is 0. The monoisotopic (exact) mass is 493 g/mol. The number of hydrogen-bond donors (Lipinski definition) is 0. The van der Waals surface area contributed by atoms with Crippen molar-refractivity contribution in [2.24, 2.45) is 0 Å². The van der Waals surface area contributed by atoms with Gasteiger partial charge in [-0.1, -0.05) is 5.16 Å². The van der Waals surface area contributed by atoms with Crippen LogP contribution in [0.1, 0.15) is 0 Å². The summed E-state index contributed by atoms with van der Waals surface area (Å²) in [4.78, 5) is 4.43. The molecule has 12 heteroatoms. The first-order valence-corrected chi connectivity index (χ1v) is 11.7. The Hall–Kier alpha value is -3.51. The number of sulfonamides is 1. The van der Waals surface area contributed by atoms with Crippen LogP contribution in [0, 0.1) is 11.6 Å². The van der Waals surface area contributed by atoms with Gasteiger partial charge in [0.15, 0.2) is 23.1 Å². The number of methoxy groups -OCH3 is 2. The molecular weight excluding hydrogens is 476 g/mol. The fourth-order valence-corrected chi connectivity index (χ4v) is 5.53. The quantitative estimate of drug-likeness (QED) is 0.372. The van der Waals surface area contributed by atoms with Crippen LogP contribution in [0.25, 0.3) is 22.2 Å². The van der Waals surface area contributed by atoms with Crippen molar-refractivity contribution in [3.63, 3.8) is 0 Å². The van der Waals surface area contributed by atoms with Crippen molar-refractivity contribution >= 4 is 27.0 Å². The number of aromatic nitrogens is 2. The summed E-state index contributed by atoms with van der Waals surface area (Å²) in [6.45, 7) is 0. The maximum Gasteiger partial charge on any atom is 0.269 e. The molecule has 0 spiro atoms. The van der Waals surface area contributed by atoms with E-state index in [9.17, 15) is 17.2 Å². The number of ether oxygens (including phenoxy) is 2. The molecule has 0 radical (unpaired) electrons. The topological polar surface area (TPSA) is 94.8 Å². The smallest absolute Gasteiger partial charge is 0.269 e. The highest BCUT2D eigenvalue weighted by atomic mass is 32.2. The van der Waals surface area contributed by atoms with E-state index < -0.39 is 21.7 Å². The van der Waals surface area contributed by atoms with Crippen LogP contribution in [-0.4, -0.2) is 39.8 Å². The van der Waals surface area contributed by atoms with E-state index in [0.29, 0.717) is 17.1 Å². The minimum atomic E-state index is -4.14. The molecule has 0 saturated heterocycles. The second-order valence-corrected chi connectivity index (χ2v) is 9.53. The Morgan fingerprint density at radius 3 is 2.45 bits per heavy atom. The average molecular weight is 494 g/mol. The van der Waals surface area contributed by atoms with E-state index in [0.717, 1.165) is 27.8 Å². The molecule has 8 nitrogen and oxygen atoms in total. The summed E-state index contributed by atoms with van der Waals surface area (Å²) in [7, 11) is 0.110. The van der Waals surface area contributed by atoms with Gasteiger partial charge in [-0.15, -0.1) is 11.3 Å². The molecule has 0 atom stereocenters. The standard InChI is InChI=1S/C21H17F2N3O5S2/c1-26(13-5-6-14(22)15(23)11-13)33(27,28)18-8-9-32-19(18)21-24-20(25-31-21)12-4-7-16(29-2)17(10-12)30-3/h4-11H,1-3H3. The Morgan fingerprint density at radius 2 is 1.76 bits per heavy atom. The summed E-state index contributed by atoms with van der Waals surface area (Å²) < 4.78 is 70.0. The van der Waals surface area contributed by atoms with Gasteiger partial charge in [0.1, 0.15) is 9.77 Å². The van der Waals surface area contributed by atoms with Gasteiger partial charge >= 0.3 is 0 Å². The van der Waals surface area contributed by atoms with Crippen molar-refractivity contribution in [3.05, 3.63) is 59.5 Å². The number of halogens is 2. The van der Waals surface area contributed by atoms with E-state index in [1.807, 2.05) is 0 Å². The van der Waals surface area contributed by atoms with Gasteiger partial charge in [-0.2, -0.15) is 4.98 Å². The van der Waals surface area contributed by atoms with E-state index in [1.165, 1.54) is 33.4 Å². The molecule has 4 aromatic rings. The lowest BCUT2D eigenvalue weighted by Gasteiger charge is -2.19. The fraction of sp³-hybridized carbons (Fsp3) is 0.143. The molecule has 0 bridgehead atoms. The van der Waals surface area contributed by atoms with E-state index in [4.69, 9.17) is 14.0 Å². The Bertz CT molecular complexity index is 1420. The van der Waals surface area contributed by atoms with Crippen LogP contribution in [0.15, 0.2) is 57.3 Å². The summed E-state index contributed by atoms with van der Waals surface area (Å²) in [5.74, 6) is -1.03. The summed E-state index contributed by atoms with van der Waals surface area (Å²) in [5, 5.41) is 5.50. The van der Waals surface area contributed by atoms with Crippen molar-refractivity contribution in [1.82, 2.24) is 10.1 Å². The predicted molar refractivity (Wildman–Crippen MR) is 118 cm³/mol. The van der Waals surface area contributed by atoms with Crippen LogP contribution < -0.4 is 13.8 Å². The van der Waals surface area contributed by atoms with Crippen molar-refractivity contribution < 1.29 is 31.2 Å². The van der Waals surface area contributed by atoms with Crippen molar-refractivity contribution in [2.45, 2.75) is 4.90 Å². The van der Waals surface area contributed by atoms with E-state index in [-0.39, 0.29) is 27.2 Å². The number of hydrogen-bond acceptors (Lipinski definition) is 8. The zero-order chi connectivity index (χ0) is 23.8. The maximum atomic E-state index is 13.6. The number of anilines is 1. The van der Waals surface area contributed by atoms with Crippen LogP contribution in [0.5, 0.6) is 11.5 Å². The highest BCUT2D eigenvalue weighted by molar-refractivity contribution is 7.93. The van der Waals surface area contributed by atoms with Gasteiger partial charge in [0.25, 0.3) is 15.9 Å². The molecule has 2 aromatic carbocycles. The van der Waals surface area contributed by atoms with Gasteiger partial charge < -0.3 is 14.0 Å². The molecule has 4 rings (SSSR count). The molecule has 0 N–H and O–H groups in total. The molecule has 0 saturated carbocycles. The van der Waals surface area contributed by atoms with Crippen LogP contribution in [0.4, 0.5) is 14.5 Å². The SMILES string of the molecule is COc1ccc(-c2noc(-c3sccc3S(=O)(=O)N(C)c3ccc(F)c(F)c3)n2)cc1OC. The lowest BCUT2D eigenvalue weighted by molar-refractivity contribution is 0.355. The highest BCUT2D eigenvalue weighted by Crippen LogP contribution is 2.37. The number of thiophene rings is 1. The summed E-state index contributed by atoms with van der Waals surface area (Å²) in [6, 6.07) is 9.27. The van der Waals surface area contributed by atoms with Crippen molar-refractivity contribution in [3.8, 4) is 33.7 Å². The van der Waals surface area contributed by atoms with Gasteiger partial charge in [-0.25, -0.2) is 17.2 Å². The molecule has 0 unspecified atom stereocenters. The van der Waals surface area contributed by atoms with Crippen LogP contribution in [0.3, 0.4) is 0 Å². The lowest BCUT2D eigenvalue weighted by Crippen LogP contribution is -2.26. The fourth-order valence-electron chi connectivity index (χ4n) is 3.03. The van der Waals surface area contributed by atoms with Crippen molar-refractivity contribution in [2.75, 3.05) is 25.6 Å². The molecule has 2 aromatic heterocycles. The van der Waals surface area contributed by atoms with Gasteiger partial charge in [-0.3, -0.25) is 4.31 Å². The Labute approximate surface area is 192 Å². The number of benzene rings is 2. The second-order valence-electron chi connectivity index (χ2n) is 6.68. The van der Waals surface area contributed by atoms with Gasteiger partial charge in [0.2, 0.25) is 5.82 Å². The van der Waals surface area contributed by atoms with E-state index in [1.54, 1.807) is 23.6 Å². The molecule has 0 aliphatic rings. The van der Waals surface area contributed by atoms with Crippen LogP contribution >= 0.6 is 11.3 Å². The van der Waals surface area contributed by atoms with Crippen LogP contribution in [0.2, 0.25) is 0 Å². The van der Waals surface area contributed by atoms with Gasteiger partial charge in [0, 0.05) is 18.7 Å². The molecule has 2 heterocycles. The lowest BCUT2D eigenvalue weighted by atomic mass is 10.2. The molecule has 33 heavy (non-hydrogen) atoms. The van der Waals surface area contributed by atoms with E-state index >= 15 is 0 Å². The third kappa shape index (κ3) is 4.14. The highest BCUT2D eigenvalue weighted by Gasteiger charge is 2.29. The Morgan fingerprint density at radius 1 is 1.00 bits per heavy atom. The Balaban J connectivity index is 1.69. The second kappa shape index (κ2) is 8.79. The normalized spacial score (nSPS) is 11.4. The first-order chi connectivity index (χ1) is 15.8. The maximum absolute atomic E-state index is 13.6. The minimum Gasteiger partial charge on any atom is -0.493 e. The zero-order valence-electron chi connectivity index (χ0n) is 17.6. The molecule has 0 aliphatic carbocycles. The number of nitrogens with zero attached hydrogens (tertiary/aromatic N) is 3. The first kappa shape index (κ1) is 22.7. The van der Waals surface area contributed by atoms with E-state index in [2.05, 4.69) is 10.1 Å². The molecular formula is C21H17F2N3O5S2. The Kier molecular flexibility index (Phi) is 6.04. The molecule has 0 amide bonds. The summed E-state index contributed by atoms with van der Waals surface area (Å²) >= 11 is 1.09. The van der Waals surface area contributed by atoms with Gasteiger partial charge in [0.05, 0.1) is 19.9 Å².